The highest BCUT2D eigenvalue weighted by molar-refractivity contribution is 9.09. The Morgan fingerprint density at radius 1 is 1.59 bits per heavy atom. The van der Waals surface area contributed by atoms with Crippen molar-refractivity contribution in [3.8, 4) is 5.75 Å². The minimum atomic E-state index is -0.124. The maximum atomic E-state index is 12.3. The van der Waals surface area contributed by atoms with Crippen LogP contribution in [0.25, 0.3) is 0 Å². The minimum Gasteiger partial charge on any atom is -0.507 e. The fourth-order valence-electron chi connectivity index (χ4n) is 2.10. The zero-order valence-corrected chi connectivity index (χ0v) is 11.5. The SMILES string of the molecule is O=C(c1ccc(Cl)cc1O)N1CCCC1CBr. The molecule has 0 aliphatic carbocycles. The van der Waals surface area contributed by atoms with E-state index in [2.05, 4.69) is 15.9 Å². The molecule has 2 rings (SSSR count). The van der Waals surface area contributed by atoms with Crippen LogP contribution in [0.4, 0.5) is 0 Å². The van der Waals surface area contributed by atoms with Crippen LogP contribution >= 0.6 is 27.5 Å². The van der Waals surface area contributed by atoms with Crippen LogP contribution in [0.15, 0.2) is 18.2 Å². The number of amides is 1. The van der Waals surface area contributed by atoms with Gasteiger partial charge in [-0.05, 0) is 31.0 Å². The average molecular weight is 319 g/mol. The van der Waals surface area contributed by atoms with Crippen molar-refractivity contribution in [2.45, 2.75) is 18.9 Å². The van der Waals surface area contributed by atoms with Gasteiger partial charge in [0, 0.05) is 22.9 Å². The van der Waals surface area contributed by atoms with Crippen molar-refractivity contribution in [2.24, 2.45) is 0 Å². The van der Waals surface area contributed by atoms with Gasteiger partial charge in [0.05, 0.1) is 5.56 Å². The lowest BCUT2D eigenvalue weighted by Crippen LogP contribution is -2.36. The van der Waals surface area contributed by atoms with Gasteiger partial charge in [-0.1, -0.05) is 27.5 Å². The lowest BCUT2D eigenvalue weighted by Gasteiger charge is -2.23. The molecule has 1 fully saturated rings. The number of hydrogen-bond acceptors (Lipinski definition) is 2. The number of alkyl halides is 1. The van der Waals surface area contributed by atoms with Gasteiger partial charge in [0.25, 0.3) is 5.91 Å². The Bertz CT molecular complexity index is 439. The van der Waals surface area contributed by atoms with E-state index in [1.54, 1.807) is 17.0 Å². The number of halogens is 2. The zero-order chi connectivity index (χ0) is 12.4. The molecule has 1 aromatic rings. The molecule has 0 aromatic heterocycles. The third-order valence-electron chi connectivity index (χ3n) is 3.01. The summed E-state index contributed by atoms with van der Waals surface area (Å²) in [6.07, 6.45) is 2.02. The molecule has 1 aromatic carbocycles. The highest BCUT2D eigenvalue weighted by atomic mass is 79.9. The quantitative estimate of drug-likeness (QED) is 0.852. The molecule has 0 spiro atoms. The first kappa shape index (κ1) is 12.7. The summed E-state index contributed by atoms with van der Waals surface area (Å²) >= 11 is 9.15. The fraction of sp³-hybridized carbons (Fsp3) is 0.417. The second-order valence-electron chi connectivity index (χ2n) is 4.11. The fourth-order valence-corrected chi connectivity index (χ4v) is 2.94. The summed E-state index contributed by atoms with van der Waals surface area (Å²) in [6.45, 7) is 0.747. The van der Waals surface area contributed by atoms with Gasteiger partial charge in [0.2, 0.25) is 0 Å². The van der Waals surface area contributed by atoms with E-state index in [4.69, 9.17) is 11.6 Å². The van der Waals surface area contributed by atoms with Gasteiger partial charge in [-0.25, -0.2) is 0 Å². The Labute approximate surface area is 114 Å². The largest absolute Gasteiger partial charge is 0.507 e. The molecule has 1 heterocycles. The molecule has 5 heteroatoms. The Hall–Kier alpha value is -0.740. The maximum Gasteiger partial charge on any atom is 0.257 e. The summed E-state index contributed by atoms with van der Waals surface area (Å²) in [6, 6.07) is 4.81. The third kappa shape index (κ3) is 2.58. The van der Waals surface area contributed by atoms with E-state index in [0.717, 1.165) is 24.7 Å². The van der Waals surface area contributed by atoms with Crippen LogP contribution in [0, 0.1) is 0 Å². The summed E-state index contributed by atoms with van der Waals surface area (Å²) in [5, 5.41) is 10.9. The van der Waals surface area contributed by atoms with Crippen molar-refractivity contribution >= 4 is 33.4 Å². The number of phenols is 1. The van der Waals surface area contributed by atoms with Crippen molar-refractivity contribution in [3.05, 3.63) is 28.8 Å². The average Bonchev–Trinajstić information content (AvgIpc) is 2.76. The number of benzene rings is 1. The Morgan fingerprint density at radius 3 is 3.00 bits per heavy atom. The lowest BCUT2D eigenvalue weighted by molar-refractivity contribution is 0.0747. The minimum absolute atomic E-state index is 0.0530. The zero-order valence-electron chi connectivity index (χ0n) is 9.20. The van der Waals surface area contributed by atoms with Gasteiger partial charge in [0.15, 0.2) is 0 Å². The summed E-state index contributed by atoms with van der Waals surface area (Å²) in [4.78, 5) is 14.1. The van der Waals surface area contributed by atoms with Crippen molar-refractivity contribution < 1.29 is 9.90 Å². The Balaban J connectivity index is 2.24. The molecule has 1 aliphatic rings. The molecule has 1 amide bonds. The van der Waals surface area contributed by atoms with Gasteiger partial charge in [-0.15, -0.1) is 0 Å². The topological polar surface area (TPSA) is 40.5 Å². The first-order valence-electron chi connectivity index (χ1n) is 5.49. The predicted octanol–water partition coefficient (Wildman–Crippen LogP) is 3.05. The summed E-state index contributed by atoms with van der Waals surface area (Å²) in [5.74, 6) is -0.177. The van der Waals surface area contributed by atoms with Gasteiger partial charge < -0.3 is 10.0 Å². The molecule has 0 saturated carbocycles. The highest BCUT2D eigenvalue weighted by Crippen LogP contribution is 2.27. The molecule has 1 aliphatic heterocycles. The van der Waals surface area contributed by atoms with Crippen LogP contribution in [0.3, 0.4) is 0 Å². The summed E-state index contributed by atoms with van der Waals surface area (Å²) in [7, 11) is 0. The van der Waals surface area contributed by atoms with Crippen LogP contribution in [0.5, 0.6) is 5.75 Å². The van der Waals surface area contributed by atoms with E-state index in [1.165, 1.54) is 6.07 Å². The van der Waals surface area contributed by atoms with Gasteiger partial charge in [-0.2, -0.15) is 0 Å². The van der Waals surface area contributed by atoms with E-state index in [-0.39, 0.29) is 17.7 Å². The number of likely N-dealkylation sites (tertiary alicyclic amines) is 1. The van der Waals surface area contributed by atoms with Crippen LogP contribution in [-0.2, 0) is 0 Å². The van der Waals surface area contributed by atoms with Crippen LogP contribution in [0.2, 0.25) is 5.02 Å². The van der Waals surface area contributed by atoms with Gasteiger partial charge in [-0.3, -0.25) is 4.79 Å². The summed E-state index contributed by atoms with van der Waals surface area (Å²) in [5.41, 5.74) is 0.322. The maximum absolute atomic E-state index is 12.3. The molecule has 1 unspecified atom stereocenters. The third-order valence-corrected chi connectivity index (χ3v) is 3.99. The summed E-state index contributed by atoms with van der Waals surface area (Å²) < 4.78 is 0. The number of carbonyl (C=O) groups is 1. The van der Waals surface area contributed by atoms with E-state index in [9.17, 15) is 9.90 Å². The van der Waals surface area contributed by atoms with E-state index >= 15 is 0 Å². The molecule has 0 bridgehead atoms. The molecule has 3 nitrogen and oxygen atoms in total. The standard InChI is InChI=1S/C12H13BrClNO2/c13-7-9-2-1-5-15(9)12(17)10-4-3-8(14)6-11(10)16/h3-4,6,9,16H,1-2,5,7H2. The first-order valence-corrected chi connectivity index (χ1v) is 6.99. The predicted molar refractivity (Wildman–Crippen MR) is 71.0 cm³/mol. The lowest BCUT2D eigenvalue weighted by atomic mass is 10.1. The van der Waals surface area contributed by atoms with Crippen LogP contribution in [0.1, 0.15) is 23.2 Å². The number of carbonyl (C=O) groups excluding carboxylic acids is 1. The van der Waals surface area contributed by atoms with E-state index < -0.39 is 0 Å². The highest BCUT2D eigenvalue weighted by Gasteiger charge is 2.29. The molecule has 1 atom stereocenters. The molecule has 1 N–H and O–H groups in total. The number of phenolic OH excluding ortho intramolecular Hbond substituents is 1. The smallest absolute Gasteiger partial charge is 0.257 e. The number of rotatable bonds is 2. The number of aromatic hydroxyl groups is 1. The molecular weight excluding hydrogens is 305 g/mol. The Morgan fingerprint density at radius 2 is 2.35 bits per heavy atom. The van der Waals surface area contributed by atoms with Crippen molar-refractivity contribution in [2.75, 3.05) is 11.9 Å². The first-order chi connectivity index (χ1) is 8.13. The molecule has 0 radical (unpaired) electrons. The molecular formula is C12H13BrClNO2. The van der Waals surface area contributed by atoms with Crippen LogP contribution in [-0.4, -0.2) is 33.8 Å². The number of nitrogens with zero attached hydrogens (tertiary/aromatic N) is 1. The van der Waals surface area contributed by atoms with Crippen molar-refractivity contribution in [1.82, 2.24) is 4.90 Å². The molecule has 1 saturated heterocycles. The normalized spacial score (nSPS) is 19.6. The van der Waals surface area contributed by atoms with Crippen molar-refractivity contribution in [3.63, 3.8) is 0 Å². The van der Waals surface area contributed by atoms with Crippen molar-refractivity contribution in [1.29, 1.82) is 0 Å². The second kappa shape index (κ2) is 5.27. The van der Waals surface area contributed by atoms with Crippen LogP contribution < -0.4 is 0 Å². The van der Waals surface area contributed by atoms with Gasteiger partial charge >= 0.3 is 0 Å². The second-order valence-corrected chi connectivity index (χ2v) is 5.19. The molecule has 92 valence electrons. The number of hydrogen-bond donors (Lipinski definition) is 1. The van der Waals surface area contributed by atoms with Gasteiger partial charge in [0.1, 0.15) is 5.75 Å². The van der Waals surface area contributed by atoms with E-state index in [0.29, 0.717) is 10.6 Å². The monoisotopic (exact) mass is 317 g/mol. The van der Waals surface area contributed by atoms with E-state index in [1.807, 2.05) is 0 Å². The Kier molecular flexibility index (Phi) is 3.94. The molecule has 17 heavy (non-hydrogen) atoms.